The first-order valence-electron chi connectivity index (χ1n) is 9.37. The van der Waals surface area contributed by atoms with Crippen molar-refractivity contribution < 1.29 is 9.53 Å². The summed E-state index contributed by atoms with van der Waals surface area (Å²) >= 11 is 0. The fourth-order valence-corrected chi connectivity index (χ4v) is 3.04. The number of ether oxygens (including phenoxy) is 1. The summed E-state index contributed by atoms with van der Waals surface area (Å²) in [5, 5.41) is 0. The maximum atomic E-state index is 11.5. The molecule has 0 bridgehead atoms. The molecule has 0 radical (unpaired) electrons. The number of carbonyl (C=O) groups excluding carboxylic acids is 1. The summed E-state index contributed by atoms with van der Waals surface area (Å²) in [5.41, 5.74) is 3.63. The van der Waals surface area contributed by atoms with Gasteiger partial charge in [0.2, 0.25) is 0 Å². The highest BCUT2D eigenvalue weighted by Crippen LogP contribution is 2.25. The van der Waals surface area contributed by atoms with Crippen LogP contribution in [0, 0.1) is 11.8 Å². The number of hydrogen-bond donors (Lipinski definition) is 0. The number of carbonyl (C=O) groups is 1. The Labute approximate surface area is 144 Å². The monoisotopic (exact) mass is 322 g/mol. The molecule has 0 spiro atoms. The van der Waals surface area contributed by atoms with Gasteiger partial charge in [-0.15, -0.1) is 0 Å². The molecular weight excluding hydrogens is 284 g/mol. The predicted molar refractivity (Wildman–Crippen MR) is 100 cm³/mol. The van der Waals surface area contributed by atoms with Crippen LogP contribution in [0.1, 0.15) is 87.0 Å². The van der Waals surface area contributed by atoms with E-state index in [4.69, 9.17) is 4.74 Å². The van der Waals surface area contributed by atoms with E-state index in [1.807, 2.05) is 13.8 Å². The second-order valence-corrected chi connectivity index (χ2v) is 6.91. The molecule has 23 heavy (non-hydrogen) atoms. The van der Waals surface area contributed by atoms with E-state index in [1.54, 1.807) is 6.08 Å². The molecule has 0 aromatic carbocycles. The van der Waals surface area contributed by atoms with E-state index in [1.165, 1.54) is 43.3 Å². The van der Waals surface area contributed by atoms with Crippen LogP contribution in [0.4, 0.5) is 0 Å². The van der Waals surface area contributed by atoms with E-state index in [2.05, 4.69) is 34.6 Å². The first kappa shape index (κ1) is 21.9. The summed E-state index contributed by atoms with van der Waals surface area (Å²) < 4.78 is 4.98. The van der Waals surface area contributed by atoms with E-state index >= 15 is 0 Å². The minimum atomic E-state index is -0.240. The van der Waals surface area contributed by atoms with Gasteiger partial charge in [0.1, 0.15) is 0 Å². The van der Waals surface area contributed by atoms with Crippen molar-refractivity contribution in [3.8, 4) is 0 Å². The molecule has 0 rings (SSSR count). The largest absolute Gasteiger partial charge is 0.463 e. The van der Waals surface area contributed by atoms with Gasteiger partial charge < -0.3 is 4.74 Å². The van der Waals surface area contributed by atoms with Gasteiger partial charge in [-0.05, 0) is 57.1 Å². The van der Waals surface area contributed by atoms with Crippen molar-refractivity contribution in [1.82, 2.24) is 0 Å². The fraction of sp³-hybridized carbons (Fsp3) is 0.762. The summed E-state index contributed by atoms with van der Waals surface area (Å²) in [6, 6.07) is 0. The van der Waals surface area contributed by atoms with Gasteiger partial charge >= 0.3 is 5.97 Å². The highest BCUT2D eigenvalue weighted by atomic mass is 16.5. The summed E-state index contributed by atoms with van der Waals surface area (Å²) in [6.45, 7) is 15.5. The number of allylic oxidation sites excluding steroid dienone is 3. The van der Waals surface area contributed by atoms with Gasteiger partial charge in [0.15, 0.2) is 0 Å². The highest BCUT2D eigenvalue weighted by Gasteiger charge is 2.09. The Morgan fingerprint density at radius 2 is 1.65 bits per heavy atom. The van der Waals surface area contributed by atoms with Crippen molar-refractivity contribution in [2.75, 3.05) is 6.61 Å². The van der Waals surface area contributed by atoms with Gasteiger partial charge in [-0.1, -0.05) is 58.4 Å². The van der Waals surface area contributed by atoms with Crippen molar-refractivity contribution in [3.05, 3.63) is 22.8 Å². The lowest BCUT2D eigenvalue weighted by molar-refractivity contribution is -0.137. The first-order valence-corrected chi connectivity index (χ1v) is 9.37. The molecule has 134 valence electrons. The van der Waals surface area contributed by atoms with Crippen LogP contribution in [-0.2, 0) is 9.53 Å². The molecule has 0 saturated heterocycles. The Hall–Kier alpha value is -1.05. The molecule has 0 aliphatic rings. The summed E-state index contributed by atoms with van der Waals surface area (Å²) in [5.74, 6) is 1.36. The maximum absolute atomic E-state index is 11.5. The molecule has 2 heteroatoms. The van der Waals surface area contributed by atoms with Crippen LogP contribution < -0.4 is 0 Å². The van der Waals surface area contributed by atoms with E-state index in [0.29, 0.717) is 12.5 Å². The van der Waals surface area contributed by atoms with Gasteiger partial charge in [0.25, 0.3) is 0 Å². The smallest absolute Gasteiger partial charge is 0.331 e. The molecule has 0 saturated carbocycles. The highest BCUT2D eigenvalue weighted by molar-refractivity contribution is 5.83. The fourth-order valence-electron chi connectivity index (χ4n) is 3.04. The number of esters is 1. The Balaban J connectivity index is 4.47. The molecule has 0 fully saturated rings. The van der Waals surface area contributed by atoms with Crippen LogP contribution in [0.2, 0.25) is 0 Å². The SMILES string of the molecule is CCOC(=O)/C=C(C)/C(C)=C(\C)CC(C)CCCC(CC)CC. The van der Waals surface area contributed by atoms with Crippen molar-refractivity contribution in [3.63, 3.8) is 0 Å². The Kier molecular flexibility index (Phi) is 11.8. The molecule has 0 aromatic heterocycles. The molecule has 0 N–H and O–H groups in total. The second kappa shape index (κ2) is 12.4. The average molecular weight is 323 g/mol. The third-order valence-electron chi connectivity index (χ3n) is 4.97. The maximum Gasteiger partial charge on any atom is 0.331 e. The summed E-state index contributed by atoms with van der Waals surface area (Å²) in [6.07, 6.45) is 9.32. The minimum Gasteiger partial charge on any atom is -0.463 e. The lowest BCUT2D eigenvalue weighted by atomic mass is 9.89. The molecular formula is C21H38O2. The number of rotatable bonds is 11. The van der Waals surface area contributed by atoms with E-state index in [0.717, 1.165) is 17.9 Å². The molecule has 0 heterocycles. The zero-order chi connectivity index (χ0) is 17.8. The average Bonchev–Trinajstić information content (AvgIpc) is 2.50. The topological polar surface area (TPSA) is 26.3 Å². The normalized spacial score (nSPS) is 14.7. The van der Waals surface area contributed by atoms with Crippen molar-refractivity contribution in [2.45, 2.75) is 87.0 Å². The first-order chi connectivity index (χ1) is 10.8. The molecule has 0 aliphatic heterocycles. The summed E-state index contributed by atoms with van der Waals surface area (Å²) in [4.78, 5) is 11.5. The van der Waals surface area contributed by atoms with E-state index < -0.39 is 0 Å². The molecule has 0 amide bonds. The van der Waals surface area contributed by atoms with Crippen LogP contribution in [0.5, 0.6) is 0 Å². The van der Waals surface area contributed by atoms with Crippen LogP contribution in [0.25, 0.3) is 0 Å². The van der Waals surface area contributed by atoms with Gasteiger partial charge in [0.05, 0.1) is 6.61 Å². The Bertz CT molecular complexity index is 400. The van der Waals surface area contributed by atoms with Crippen LogP contribution >= 0.6 is 0 Å². The van der Waals surface area contributed by atoms with Gasteiger partial charge in [-0.3, -0.25) is 0 Å². The third kappa shape index (κ3) is 9.63. The van der Waals surface area contributed by atoms with Crippen LogP contribution in [-0.4, -0.2) is 12.6 Å². The Morgan fingerprint density at radius 3 is 2.17 bits per heavy atom. The van der Waals surface area contributed by atoms with Gasteiger partial charge in [-0.2, -0.15) is 0 Å². The van der Waals surface area contributed by atoms with Gasteiger partial charge in [-0.25, -0.2) is 4.79 Å². The van der Waals surface area contributed by atoms with Crippen molar-refractivity contribution in [1.29, 1.82) is 0 Å². The van der Waals surface area contributed by atoms with Crippen LogP contribution in [0.15, 0.2) is 22.8 Å². The lowest BCUT2D eigenvalue weighted by Crippen LogP contribution is -2.03. The van der Waals surface area contributed by atoms with E-state index in [-0.39, 0.29) is 5.97 Å². The molecule has 1 unspecified atom stereocenters. The second-order valence-electron chi connectivity index (χ2n) is 6.91. The van der Waals surface area contributed by atoms with Crippen molar-refractivity contribution >= 4 is 5.97 Å². The molecule has 1 atom stereocenters. The summed E-state index contributed by atoms with van der Waals surface area (Å²) in [7, 11) is 0. The van der Waals surface area contributed by atoms with Crippen molar-refractivity contribution in [2.24, 2.45) is 11.8 Å². The molecule has 2 nitrogen and oxygen atoms in total. The van der Waals surface area contributed by atoms with E-state index in [9.17, 15) is 4.79 Å². The quantitative estimate of drug-likeness (QED) is 0.248. The zero-order valence-electron chi connectivity index (χ0n) is 16.5. The number of hydrogen-bond acceptors (Lipinski definition) is 2. The minimum absolute atomic E-state index is 0.240. The Morgan fingerprint density at radius 1 is 1.04 bits per heavy atom. The predicted octanol–water partition coefficient (Wildman–Crippen LogP) is 6.46. The zero-order valence-corrected chi connectivity index (χ0v) is 16.5. The standard InChI is InChI=1S/C21H38O2/c1-8-20(9-2)13-11-12-16(4)14-17(5)19(7)18(6)15-21(22)23-10-3/h15-16,20H,8-14H2,1-7H3/b18-15+,19-17+. The van der Waals surface area contributed by atoms with Gasteiger partial charge in [0, 0.05) is 6.08 Å². The molecule has 0 aromatic rings. The lowest BCUT2D eigenvalue weighted by Gasteiger charge is -2.17. The van der Waals surface area contributed by atoms with Crippen LogP contribution in [0.3, 0.4) is 0 Å². The molecule has 0 aliphatic carbocycles. The third-order valence-corrected chi connectivity index (χ3v) is 4.97.